The lowest BCUT2D eigenvalue weighted by atomic mass is 10.2. The Morgan fingerprint density at radius 1 is 1.24 bits per heavy atom. The van der Waals surface area contributed by atoms with Gasteiger partial charge in [-0.05, 0) is 24.6 Å². The number of hydrogen-bond donors (Lipinski definition) is 2. The largest absolute Gasteiger partial charge is 0.482 e. The van der Waals surface area contributed by atoms with Crippen molar-refractivity contribution in [3.8, 4) is 5.75 Å². The standard InChI is InChI=1S/C15H14Cl2N2O2/c1-9-4-2-3-5-13(9)19-15(20)8-21-14-7-11(17)10(16)6-12(14)18/h2-7H,8,18H2,1H3,(H,19,20). The third kappa shape index (κ3) is 4.03. The molecule has 2 rings (SSSR count). The third-order valence-corrected chi connectivity index (χ3v) is 3.55. The lowest BCUT2D eigenvalue weighted by Crippen LogP contribution is -2.20. The van der Waals surface area contributed by atoms with E-state index in [2.05, 4.69) is 5.32 Å². The van der Waals surface area contributed by atoms with Gasteiger partial charge in [-0.1, -0.05) is 41.4 Å². The molecule has 0 aliphatic heterocycles. The highest BCUT2D eigenvalue weighted by molar-refractivity contribution is 6.42. The highest BCUT2D eigenvalue weighted by atomic mass is 35.5. The second-order valence-corrected chi connectivity index (χ2v) is 5.27. The molecule has 0 radical (unpaired) electrons. The molecule has 0 aliphatic rings. The number of nitrogen functional groups attached to an aromatic ring is 1. The molecule has 0 spiro atoms. The van der Waals surface area contributed by atoms with E-state index in [4.69, 9.17) is 33.7 Å². The van der Waals surface area contributed by atoms with Crippen molar-refractivity contribution in [2.75, 3.05) is 17.7 Å². The Kier molecular flexibility index (Phi) is 4.94. The van der Waals surface area contributed by atoms with E-state index in [0.717, 1.165) is 11.3 Å². The summed E-state index contributed by atoms with van der Waals surface area (Å²) < 4.78 is 5.37. The SMILES string of the molecule is Cc1ccccc1NC(=O)COc1cc(Cl)c(Cl)cc1N. The molecule has 0 saturated heterocycles. The average molecular weight is 325 g/mol. The van der Waals surface area contributed by atoms with Crippen molar-refractivity contribution < 1.29 is 9.53 Å². The number of amides is 1. The van der Waals surface area contributed by atoms with Crippen LogP contribution < -0.4 is 15.8 Å². The molecule has 0 unspecified atom stereocenters. The van der Waals surface area contributed by atoms with Crippen molar-refractivity contribution in [1.29, 1.82) is 0 Å². The number of nitrogens with one attached hydrogen (secondary N) is 1. The van der Waals surface area contributed by atoms with Crippen LogP contribution in [-0.2, 0) is 4.79 Å². The molecule has 4 nitrogen and oxygen atoms in total. The summed E-state index contributed by atoms with van der Waals surface area (Å²) in [6, 6.07) is 10.4. The van der Waals surface area contributed by atoms with Gasteiger partial charge in [-0.2, -0.15) is 0 Å². The average Bonchev–Trinajstić information content (AvgIpc) is 2.44. The maximum absolute atomic E-state index is 11.9. The first-order valence-corrected chi connectivity index (χ1v) is 6.96. The first-order chi connectivity index (χ1) is 9.97. The van der Waals surface area contributed by atoms with Gasteiger partial charge in [0.25, 0.3) is 5.91 Å². The smallest absolute Gasteiger partial charge is 0.262 e. The number of hydrogen-bond acceptors (Lipinski definition) is 3. The van der Waals surface area contributed by atoms with Gasteiger partial charge in [0.2, 0.25) is 0 Å². The van der Waals surface area contributed by atoms with Crippen molar-refractivity contribution >= 4 is 40.5 Å². The summed E-state index contributed by atoms with van der Waals surface area (Å²) in [5.41, 5.74) is 7.80. The molecule has 2 aromatic rings. The summed E-state index contributed by atoms with van der Waals surface area (Å²) in [5, 5.41) is 3.42. The van der Waals surface area contributed by atoms with Crippen LogP contribution in [-0.4, -0.2) is 12.5 Å². The molecule has 110 valence electrons. The molecule has 0 heterocycles. The van der Waals surface area contributed by atoms with E-state index in [1.165, 1.54) is 12.1 Å². The molecule has 1 amide bonds. The number of carbonyl (C=O) groups is 1. The van der Waals surface area contributed by atoms with E-state index < -0.39 is 0 Å². The third-order valence-electron chi connectivity index (χ3n) is 2.83. The summed E-state index contributed by atoms with van der Waals surface area (Å²) in [6.07, 6.45) is 0. The molecule has 0 saturated carbocycles. The predicted octanol–water partition coefficient (Wildman–Crippen LogP) is 3.90. The van der Waals surface area contributed by atoms with Crippen LogP contribution in [0, 0.1) is 6.92 Å². The number of benzene rings is 2. The Bertz CT molecular complexity index is 675. The van der Waals surface area contributed by atoms with Gasteiger partial charge in [0.05, 0.1) is 15.7 Å². The zero-order valence-electron chi connectivity index (χ0n) is 11.3. The number of rotatable bonds is 4. The van der Waals surface area contributed by atoms with Crippen molar-refractivity contribution in [2.45, 2.75) is 6.92 Å². The first-order valence-electron chi connectivity index (χ1n) is 6.20. The summed E-state index contributed by atoms with van der Waals surface area (Å²) in [6.45, 7) is 1.74. The van der Waals surface area contributed by atoms with Crippen molar-refractivity contribution in [3.63, 3.8) is 0 Å². The molecular weight excluding hydrogens is 311 g/mol. The topological polar surface area (TPSA) is 64.3 Å². The van der Waals surface area contributed by atoms with Crippen LogP contribution in [0.15, 0.2) is 36.4 Å². The molecule has 21 heavy (non-hydrogen) atoms. The van der Waals surface area contributed by atoms with Gasteiger partial charge in [0.1, 0.15) is 5.75 Å². The molecule has 0 aliphatic carbocycles. The second kappa shape index (κ2) is 6.70. The molecule has 3 N–H and O–H groups in total. The number of halogens is 2. The lowest BCUT2D eigenvalue weighted by Gasteiger charge is -2.11. The van der Waals surface area contributed by atoms with Crippen LogP contribution in [0.1, 0.15) is 5.56 Å². The van der Waals surface area contributed by atoms with Gasteiger partial charge >= 0.3 is 0 Å². The molecule has 0 fully saturated rings. The maximum atomic E-state index is 11.9. The summed E-state index contributed by atoms with van der Waals surface area (Å²) >= 11 is 11.7. The molecule has 2 aromatic carbocycles. The number of nitrogens with two attached hydrogens (primary N) is 1. The number of para-hydroxylation sites is 1. The number of carbonyl (C=O) groups excluding carboxylic acids is 1. The highest BCUT2D eigenvalue weighted by Gasteiger charge is 2.09. The van der Waals surface area contributed by atoms with Crippen LogP contribution in [0.25, 0.3) is 0 Å². The van der Waals surface area contributed by atoms with Crippen LogP contribution in [0.5, 0.6) is 5.75 Å². The number of anilines is 2. The lowest BCUT2D eigenvalue weighted by molar-refractivity contribution is -0.118. The van der Waals surface area contributed by atoms with Gasteiger partial charge in [0, 0.05) is 11.8 Å². The number of ether oxygens (including phenoxy) is 1. The Morgan fingerprint density at radius 2 is 1.90 bits per heavy atom. The summed E-state index contributed by atoms with van der Waals surface area (Å²) in [5.74, 6) is 0.0408. The van der Waals surface area contributed by atoms with Crippen LogP contribution in [0.4, 0.5) is 11.4 Å². The van der Waals surface area contributed by atoms with Crippen molar-refractivity contribution in [2.24, 2.45) is 0 Å². The highest BCUT2D eigenvalue weighted by Crippen LogP contribution is 2.32. The van der Waals surface area contributed by atoms with Gasteiger partial charge < -0.3 is 15.8 Å². The minimum absolute atomic E-state index is 0.170. The fourth-order valence-electron chi connectivity index (χ4n) is 1.71. The Labute approximate surface area is 132 Å². The normalized spacial score (nSPS) is 10.2. The Hall–Kier alpha value is -1.91. The first kappa shape index (κ1) is 15.5. The van der Waals surface area contributed by atoms with E-state index >= 15 is 0 Å². The van der Waals surface area contributed by atoms with Gasteiger partial charge in [0.15, 0.2) is 6.61 Å². The van der Waals surface area contributed by atoms with E-state index in [9.17, 15) is 4.79 Å². The van der Waals surface area contributed by atoms with E-state index in [0.29, 0.717) is 21.5 Å². The zero-order valence-corrected chi connectivity index (χ0v) is 12.8. The fraction of sp³-hybridized carbons (Fsp3) is 0.133. The van der Waals surface area contributed by atoms with E-state index in [-0.39, 0.29) is 12.5 Å². The van der Waals surface area contributed by atoms with Crippen molar-refractivity contribution in [3.05, 3.63) is 52.0 Å². The predicted molar refractivity (Wildman–Crippen MR) is 86.2 cm³/mol. The van der Waals surface area contributed by atoms with E-state index in [1.54, 1.807) is 0 Å². The molecule has 0 bridgehead atoms. The molecule has 6 heteroatoms. The summed E-state index contributed by atoms with van der Waals surface area (Å²) in [4.78, 5) is 11.9. The Balaban J connectivity index is 1.99. The van der Waals surface area contributed by atoms with E-state index in [1.807, 2.05) is 31.2 Å². The monoisotopic (exact) mass is 324 g/mol. The quantitative estimate of drug-likeness (QED) is 0.838. The second-order valence-electron chi connectivity index (χ2n) is 4.46. The number of aryl methyl sites for hydroxylation is 1. The molecule has 0 aromatic heterocycles. The van der Waals surface area contributed by atoms with Crippen LogP contribution in [0.2, 0.25) is 10.0 Å². The molecule has 0 atom stereocenters. The van der Waals surface area contributed by atoms with Gasteiger partial charge in [-0.15, -0.1) is 0 Å². The van der Waals surface area contributed by atoms with Gasteiger partial charge in [-0.3, -0.25) is 4.79 Å². The fourth-order valence-corrected chi connectivity index (χ4v) is 2.04. The van der Waals surface area contributed by atoms with Crippen LogP contribution in [0.3, 0.4) is 0 Å². The van der Waals surface area contributed by atoms with Crippen LogP contribution >= 0.6 is 23.2 Å². The Morgan fingerprint density at radius 3 is 2.62 bits per heavy atom. The summed E-state index contributed by atoms with van der Waals surface area (Å²) in [7, 11) is 0. The van der Waals surface area contributed by atoms with Gasteiger partial charge in [-0.25, -0.2) is 0 Å². The maximum Gasteiger partial charge on any atom is 0.262 e. The van der Waals surface area contributed by atoms with Crippen molar-refractivity contribution in [1.82, 2.24) is 0 Å². The molecular formula is C15H14Cl2N2O2. The zero-order chi connectivity index (χ0) is 15.4. The minimum Gasteiger partial charge on any atom is -0.482 e. The minimum atomic E-state index is -0.283.